The molecule has 0 saturated heterocycles. The van der Waals surface area contributed by atoms with E-state index in [1.165, 1.54) is 30.9 Å². The van der Waals surface area contributed by atoms with E-state index in [2.05, 4.69) is 15.4 Å². The molecule has 30 heavy (non-hydrogen) atoms. The second kappa shape index (κ2) is 7.11. The van der Waals surface area contributed by atoms with Gasteiger partial charge in [0.15, 0.2) is 0 Å². The summed E-state index contributed by atoms with van der Waals surface area (Å²) in [6.45, 7) is 3.83. The third-order valence-electron chi connectivity index (χ3n) is 4.91. The van der Waals surface area contributed by atoms with Crippen molar-refractivity contribution in [2.45, 2.75) is 13.8 Å². The van der Waals surface area contributed by atoms with Crippen LogP contribution in [-0.2, 0) is 14.1 Å². The summed E-state index contributed by atoms with van der Waals surface area (Å²) in [5, 5.41) is 7.47. The molecule has 0 unspecified atom stereocenters. The Morgan fingerprint density at radius 3 is 2.40 bits per heavy atom. The zero-order chi connectivity index (χ0) is 21.6. The molecule has 0 radical (unpaired) electrons. The Morgan fingerprint density at radius 2 is 1.70 bits per heavy atom. The summed E-state index contributed by atoms with van der Waals surface area (Å²) in [5.74, 6) is 0.0587. The summed E-state index contributed by atoms with van der Waals surface area (Å²) >= 11 is 0. The molecule has 0 bridgehead atoms. The minimum Gasteiger partial charge on any atom is -0.306 e. The summed E-state index contributed by atoms with van der Waals surface area (Å²) in [5.41, 5.74) is 2.11. The number of nitrogens with zero attached hydrogens (tertiary/aromatic N) is 5. The Hall–Kier alpha value is -4.01. The average Bonchev–Trinajstić information content (AvgIpc) is 3.10. The van der Waals surface area contributed by atoms with E-state index < -0.39 is 17.2 Å². The van der Waals surface area contributed by atoms with Gasteiger partial charge in [-0.1, -0.05) is 17.7 Å². The summed E-state index contributed by atoms with van der Waals surface area (Å²) in [6.07, 6.45) is 1.34. The number of aryl methyl sites for hydroxylation is 3. The molecular weight excluding hydrogens is 384 g/mol. The van der Waals surface area contributed by atoms with Crippen LogP contribution < -0.4 is 16.6 Å². The quantitative estimate of drug-likeness (QED) is 0.560. The standard InChI is InChI=1S/C21H20N6O3/c1-12-5-7-15(8-6-12)27-17(9-13(2)24-27)23-19(28)14-10-16-18(22-11-14)25(3)21(30)26(4)20(16)29/h5-11H,1-4H3,(H,23,28). The van der Waals surface area contributed by atoms with E-state index in [1.807, 2.05) is 38.1 Å². The highest BCUT2D eigenvalue weighted by atomic mass is 16.2. The van der Waals surface area contributed by atoms with Gasteiger partial charge >= 0.3 is 5.69 Å². The fraction of sp³-hybridized carbons (Fsp3) is 0.190. The Morgan fingerprint density at radius 1 is 1.00 bits per heavy atom. The molecule has 0 spiro atoms. The van der Waals surface area contributed by atoms with Crippen LogP contribution in [0.5, 0.6) is 0 Å². The first-order valence-electron chi connectivity index (χ1n) is 9.27. The molecule has 152 valence electrons. The van der Waals surface area contributed by atoms with Crippen molar-refractivity contribution in [3.63, 3.8) is 0 Å². The van der Waals surface area contributed by atoms with Crippen molar-refractivity contribution >= 4 is 22.8 Å². The Kier molecular flexibility index (Phi) is 4.57. The lowest BCUT2D eigenvalue weighted by Gasteiger charge is -2.10. The van der Waals surface area contributed by atoms with Crippen molar-refractivity contribution in [1.29, 1.82) is 0 Å². The number of hydrogen-bond acceptors (Lipinski definition) is 5. The lowest BCUT2D eigenvalue weighted by molar-refractivity contribution is 0.102. The zero-order valence-corrected chi connectivity index (χ0v) is 17.0. The van der Waals surface area contributed by atoms with Gasteiger partial charge in [0.05, 0.1) is 22.3 Å². The number of anilines is 1. The molecule has 9 heteroatoms. The third-order valence-corrected chi connectivity index (χ3v) is 4.91. The minimum atomic E-state index is -0.504. The second-order valence-corrected chi connectivity index (χ2v) is 7.17. The first-order chi connectivity index (χ1) is 14.3. The Balaban J connectivity index is 1.73. The van der Waals surface area contributed by atoms with Gasteiger partial charge in [0.2, 0.25) is 0 Å². The fourth-order valence-electron chi connectivity index (χ4n) is 3.25. The molecule has 0 aliphatic heterocycles. The number of carbonyl (C=O) groups is 1. The van der Waals surface area contributed by atoms with Crippen molar-refractivity contribution in [1.82, 2.24) is 23.9 Å². The van der Waals surface area contributed by atoms with Crippen molar-refractivity contribution in [3.05, 3.63) is 80.3 Å². The van der Waals surface area contributed by atoms with Crippen molar-refractivity contribution in [3.8, 4) is 5.69 Å². The van der Waals surface area contributed by atoms with E-state index in [4.69, 9.17) is 0 Å². The molecule has 3 heterocycles. The van der Waals surface area contributed by atoms with Crippen LogP contribution in [0.15, 0.2) is 52.2 Å². The van der Waals surface area contributed by atoms with Gasteiger partial charge < -0.3 is 5.32 Å². The van der Waals surface area contributed by atoms with Gasteiger partial charge in [-0.2, -0.15) is 5.10 Å². The van der Waals surface area contributed by atoms with E-state index in [1.54, 1.807) is 10.7 Å². The fourth-order valence-corrected chi connectivity index (χ4v) is 3.25. The highest BCUT2D eigenvalue weighted by Crippen LogP contribution is 2.19. The normalized spacial score (nSPS) is 11.1. The molecule has 4 rings (SSSR count). The van der Waals surface area contributed by atoms with Crippen LogP contribution in [0.2, 0.25) is 0 Å². The number of pyridine rings is 1. The van der Waals surface area contributed by atoms with E-state index in [0.717, 1.165) is 21.5 Å². The molecular formula is C21H20N6O3. The largest absolute Gasteiger partial charge is 0.332 e. The topological polar surface area (TPSA) is 104 Å². The van der Waals surface area contributed by atoms with Gasteiger partial charge in [-0.15, -0.1) is 0 Å². The molecule has 1 N–H and O–H groups in total. The molecule has 0 aliphatic rings. The molecule has 1 aromatic carbocycles. The Bertz CT molecular complexity index is 1410. The van der Waals surface area contributed by atoms with Gasteiger partial charge in [-0.25, -0.2) is 14.5 Å². The van der Waals surface area contributed by atoms with Crippen molar-refractivity contribution in [2.75, 3.05) is 5.32 Å². The molecule has 0 saturated carbocycles. The number of carbonyl (C=O) groups excluding carboxylic acids is 1. The van der Waals surface area contributed by atoms with Gasteiger partial charge in [0.25, 0.3) is 11.5 Å². The summed E-state index contributed by atoms with van der Waals surface area (Å²) < 4.78 is 3.90. The minimum absolute atomic E-state index is 0.190. The van der Waals surface area contributed by atoms with Crippen LogP contribution in [0.1, 0.15) is 21.6 Å². The number of hydrogen-bond donors (Lipinski definition) is 1. The summed E-state index contributed by atoms with van der Waals surface area (Å²) in [6, 6.07) is 11.0. The predicted molar refractivity (Wildman–Crippen MR) is 113 cm³/mol. The summed E-state index contributed by atoms with van der Waals surface area (Å²) in [4.78, 5) is 41.6. The van der Waals surface area contributed by atoms with Crippen molar-refractivity contribution in [2.24, 2.45) is 14.1 Å². The highest BCUT2D eigenvalue weighted by molar-refractivity contribution is 6.05. The molecule has 0 aliphatic carbocycles. The average molecular weight is 404 g/mol. The van der Waals surface area contributed by atoms with Gasteiger partial charge in [0.1, 0.15) is 11.5 Å². The SMILES string of the molecule is Cc1ccc(-n2nc(C)cc2NC(=O)c2cnc3c(c2)c(=O)n(C)c(=O)n3C)cc1. The lowest BCUT2D eigenvalue weighted by Crippen LogP contribution is -2.37. The first kappa shape index (κ1) is 19.3. The number of rotatable bonds is 3. The Labute approximate surface area is 171 Å². The lowest BCUT2D eigenvalue weighted by atomic mass is 10.2. The zero-order valence-electron chi connectivity index (χ0n) is 17.0. The first-order valence-corrected chi connectivity index (χ1v) is 9.27. The van der Waals surface area contributed by atoms with E-state index >= 15 is 0 Å². The third kappa shape index (κ3) is 3.20. The molecule has 4 aromatic rings. The molecule has 0 atom stereocenters. The smallest absolute Gasteiger partial charge is 0.306 e. The predicted octanol–water partition coefficient (Wildman–Crippen LogP) is 1.69. The van der Waals surface area contributed by atoms with E-state index in [-0.39, 0.29) is 16.6 Å². The molecule has 3 aromatic heterocycles. The van der Waals surface area contributed by atoms with Crippen LogP contribution in [0.25, 0.3) is 16.7 Å². The van der Waals surface area contributed by atoms with Crippen LogP contribution in [0.3, 0.4) is 0 Å². The molecule has 0 fully saturated rings. The summed E-state index contributed by atoms with van der Waals surface area (Å²) in [7, 11) is 2.92. The van der Waals surface area contributed by atoms with Crippen molar-refractivity contribution < 1.29 is 4.79 Å². The number of benzene rings is 1. The van der Waals surface area contributed by atoms with Gasteiger partial charge in [-0.3, -0.25) is 18.7 Å². The van der Waals surface area contributed by atoms with Gasteiger partial charge in [0, 0.05) is 26.4 Å². The number of aromatic nitrogens is 5. The maximum atomic E-state index is 12.9. The van der Waals surface area contributed by atoms with E-state index in [9.17, 15) is 14.4 Å². The maximum Gasteiger partial charge on any atom is 0.332 e. The van der Waals surface area contributed by atoms with Gasteiger partial charge in [-0.05, 0) is 32.0 Å². The van der Waals surface area contributed by atoms with Crippen LogP contribution in [0, 0.1) is 13.8 Å². The number of amides is 1. The van der Waals surface area contributed by atoms with E-state index in [0.29, 0.717) is 5.82 Å². The highest BCUT2D eigenvalue weighted by Gasteiger charge is 2.16. The van der Waals surface area contributed by atoms with Crippen LogP contribution in [0.4, 0.5) is 5.82 Å². The second-order valence-electron chi connectivity index (χ2n) is 7.17. The van der Waals surface area contributed by atoms with Crippen LogP contribution in [-0.4, -0.2) is 29.8 Å². The maximum absolute atomic E-state index is 12.9. The number of fused-ring (bicyclic) bond motifs is 1. The van der Waals surface area contributed by atoms with Crippen LogP contribution >= 0.6 is 0 Å². The molecule has 1 amide bonds. The molecule has 9 nitrogen and oxygen atoms in total. The number of nitrogens with one attached hydrogen (secondary N) is 1. The monoisotopic (exact) mass is 404 g/mol.